The minimum atomic E-state index is 0.596. The lowest BCUT2D eigenvalue weighted by atomic mass is 9.94. The number of benzene rings is 10. The molecule has 10 aromatic carbocycles. The Bertz CT molecular complexity index is 2930. The summed E-state index contributed by atoms with van der Waals surface area (Å²) in [5.74, 6) is 0. The number of hydrogen-bond donors (Lipinski definition) is 0. The Balaban J connectivity index is 1.31. The van der Waals surface area contributed by atoms with Gasteiger partial charge in [-0.2, -0.15) is 0 Å². The summed E-state index contributed by atoms with van der Waals surface area (Å²) in [6, 6.07) is 91.8. The smallest absolute Gasteiger partial charge is 0.0618 e. The van der Waals surface area contributed by atoms with E-state index in [1.807, 2.05) is 12.1 Å². The summed E-state index contributed by atoms with van der Waals surface area (Å²) < 4.78 is 0. The van der Waals surface area contributed by atoms with Gasteiger partial charge in [0.05, 0.1) is 22.7 Å². The minimum absolute atomic E-state index is 0.596. The molecule has 0 unspecified atom stereocenters. The van der Waals surface area contributed by atoms with Gasteiger partial charge in [0.1, 0.15) is 0 Å². The average molecular weight is 909 g/mol. The summed E-state index contributed by atoms with van der Waals surface area (Å²) in [5.41, 5.74) is 13.5. The van der Waals surface area contributed by atoms with Gasteiger partial charge in [-0.25, -0.2) is 0 Å². The Kier molecular flexibility index (Phi) is 12.7. The fourth-order valence-electron chi connectivity index (χ4n) is 8.47. The summed E-state index contributed by atoms with van der Waals surface area (Å²) >= 11 is 14.7. The molecule has 0 saturated carbocycles. The highest BCUT2D eigenvalue weighted by molar-refractivity contribution is 7.99. The lowest BCUT2D eigenvalue weighted by Crippen LogP contribution is -2.17. The van der Waals surface area contributed by atoms with E-state index < -0.39 is 0 Å². The third kappa shape index (κ3) is 9.35. The number of rotatable bonds is 13. The van der Waals surface area contributed by atoms with Gasteiger partial charge in [0.25, 0.3) is 0 Å². The Labute approximate surface area is 401 Å². The van der Waals surface area contributed by atoms with E-state index in [0.717, 1.165) is 83.2 Å². The summed E-state index contributed by atoms with van der Waals surface area (Å²) in [6.07, 6.45) is 0. The molecule has 318 valence electrons. The first-order valence-corrected chi connectivity index (χ1v) is 23.4. The first-order chi connectivity index (χ1) is 32.6. The molecule has 0 saturated heterocycles. The molecule has 0 spiro atoms. The minimum Gasteiger partial charge on any atom is -0.310 e. The fraction of sp³-hybridized carbons (Fsp3) is 0. The number of nitrogens with zero attached hydrogens (tertiary/aromatic N) is 3. The lowest BCUT2D eigenvalue weighted by Gasteiger charge is -2.34. The van der Waals surface area contributed by atoms with Gasteiger partial charge in [-0.05, 0) is 114 Å². The molecule has 66 heavy (non-hydrogen) atoms. The van der Waals surface area contributed by atoms with Crippen LogP contribution in [0, 0.1) is 0 Å². The van der Waals surface area contributed by atoms with Crippen LogP contribution >= 0.6 is 35.0 Å². The predicted molar refractivity (Wildman–Crippen MR) is 282 cm³/mol. The molecule has 10 aromatic rings. The largest absolute Gasteiger partial charge is 0.310 e. The second-order valence-electron chi connectivity index (χ2n) is 15.7. The molecule has 0 aliphatic carbocycles. The van der Waals surface area contributed by atoms with E-state index in [1.54, 1.807) is 17.8 Å². The van der Waals surface area contributed by atoms with Gasteiger partial charge >= 0.3 is 0 Å². The molecule has 0 bridgehead atoms. The Morgan fingerprint density at radius 3 is 1.02 bits per heavy atom. The van der Waals surface area contributed by atoms with Crippen LogP contribution in [0.25, 0.3) is 22.3 Å². The molecule has 0 amide bonds. The van der Waals surface area contributed by atoms with Crippen molar-refractivity contribution in [3.63, 3.8) is 0 Å². The van der Waals surface area contributed by atoms with E-state index in [1.165, 1.54) is 0 Å². The van der Waals surface area contributed by atoms with Crippen molar-refractivity contribution in [1.82, 2.24) is 0 Å². The lowest BCUT2D eigenvalue weighted by molar-refractivity contribution is 1.22. The van der Waals surface area contributed by atoms with E-state index >= 15 is 0 Å². The highest BCUT2D eigenvalue weighted by Gasteiger charge is 2.26. The van der Waals surface area contributed by atoms with Crippen molar-refractivity contribution in [2.75, 3.05) is 14.7 Å². The molecule has 0 heterocycles. The van der Waals surface area contributed by atoms with E-state index in [9.17, 15) is 0 Å². The van der Waals surface area contributed by atoms with Crippen molar-refractivity contribution in [2.24, 2.45) is 0 Å². The van der Waals surface area contributed by atoms with Crippen LogP contribution in [0.4, 0.5) is 51.2 Å². The van der Waals surface area contributed by atoms with Crippen LogP contribution in [0.5, 0.6) is 0 Å². The maximum Gasteiger partial charge on any atom is 0.0618 e. The normalized spacial score (nSPS) is 10.9. The topological polar surface area (TPSA) is 9.72 Å². The second kappa shape index (κ2) is 19.7. The van der Waals surface area contributed by atoms with Gasteiger partial charge in [-0.15, -0.1) is 0 Å². The fourth-order valence-corrected chi connectivity index (χ4v) is 10.1. The van der Waals surface area contributed by atoms with E-state index in [-0.39, 0.29) is 0 Å². The maximum absolute atomic E-state index is 6.55. The van der Waals surface area contributed by atoms with Crippen molar-refractivity contribution in [3.8, 4) is 22.3 Å². The van der Waals surface area contributed by atoms with E-state index in [2.05, 4.69) is 257 Å². The Hall–Kier alpha value is -7.47. The van der Waals surface area contributed by atoms with Crippen molar-refractivity contribution in [3.05, 3.63) is 271 Å². The van der Waals surface area contributed by atoms with Crippen molar-refractivity contribution in [2.45, 2.75) is 9.79 Å². The van der Waals surface area contributed by atoms with Crippen LogP contribution in [0.2, 0.25) is 10.0 Å². The predicted octanol–water partition coefficient (Wildman–Crippen LogP) is 18.9. The van der Waals surface area contributed by atoms with Crippen molar-refractivity contribution >= 4 is 86.2 Å². The summed E-state index contributed by atoms with van der Waals surface area (Å²) in [7, 11) is 0. The molecule has 6 heteroatoms. The van der Waals surface area contributed by atoms with Crippen LogP contribution < -0.4 is 14.7 Å². The molecule has 0 radical (unpaired) electrons. The molecule has 0 atom stereocenters. The van der Waals surface area contributed by atoms with Crippen molar-refractivity contribution < 1.29 is 0 Å². The second-order valence-corrected chi connectivity index (χ2v) is 17.7. The van der Waals surface area contributed by atoms with Gasteiger partial charge in [-0.3, -0.25) is 0 Å². The highest BCUT2D eigenvalue weighted by Crippen LogP contribution is 2.51. The zero-order valence-corrected chi connectivity index (χ0v) is 38.2. The van der Waals surface area contributed by atoms with Crippen LogP contribution in [-0.4, -0.2) is 0 Å². The van der Waals surface area contributed by atoms with Crippen LogP contribution in [0.1, 0.15) is 0 Å². The Morgan fingerprint density at radius 2 is 0.606 bits per heavy atom. The zero-order chi connectivity index (χ0) is 44.7. The third-order valence-electron chi connectivity index (χ3n) is 11.3. The van der Waals surface area contributed by atoms with Gasteiger partial charge in [-0.1, -0.05) is 193 Å². The zero-order valence-electron chi connectivity index (χ0n) is 35.8. The number of halogens is 2. The molecule has 0 aliphatic heterocycles. The maximum atomic E-state index is 6.55. The standard InChI is InChI=1S/C60H43Cl2N3S/c61-46-37-47(62)39-57(38-46)66-56-34-19-33-52(43-56)65(60-58(44-21-7-1-8-22-44)35-20-36-59(60)45-23-9-2-10-24-45)55-41-53(63(48-25-11-3-12-26-48)49-27-13-4-14-28-49)40-54(42-55)64(50-29-15-5-16-30-50)51-31-17-6-18-32-51/h1-43H. The van der Waals surface area contributed by atoms with Gasteiger partial charge in [0, 0.05) is 59.4 Å². The third-order valence-corrected chi connectivity index (χ3v) is 12.7. The van der Waals surface area contributed by atoms with Gasteiger partial charge in [0.15, 0.2) is 0 Å². The molecule has 3 nitrogen and oxygen atoms in total. The van der Waals surface area contributed by atoms with E-state index in [0.29, 0.717) is 10.0 Å². The average Bonchev–Trinajstić information content (AvgIpc) is 3.36. The van der Waals surface area contributed by atoms with Crippen LogP contribution in [-0.2, 0) is 0 Å². The van der Waals surface area contributed by atoms with Gasteiger partial charge in [0.2, 0.25) is 0 Å². The molecular weight excluding hydrogens is 866 g/mol. The first-order valence-electron chi connectivity index (χ1n) is 21.8. The Morgan fingerprint density at radius 1 is 0.258 bits per heavy atom. The summed E-state index contributed by atoms with van der Waals surface area (Å²) in [5, 5.41) is 1.19. The summed E-state index contributed by atoms with van der Waals surface area (Å²) in [4.78, 5) is 9.12. The molecule has 0 N–H and O–H groups in total. The van der Waals surface area contributed by atoms with Crippen molar-refractivity contribution in [1.29, 1.82) is 0 Å². The number of para-hydroxylation sites is 5. The van der Waals surface area contributed by atoms with Gasteiger partial charge < -0.3 is 14.7 Å². The van der Waals surface area contributed by atoms with Crippen LogP contribution in [0.15, 0.2) is 271 Å². The monoisotopic (exact) mass is 907 g/mol. The molecule has 0 aromatic heterocycles. The number of hydrogen-bond acceptors (Lipinski definition) is 4. The molecular formula is C60H43Cl2N3S. The van der Waals surface area contributed by atoms with E-state index in [4.69, 9.17) is 23.2 Å². The summed E-state index contributed by atoms with van der Waals surface area (Å²) in [6.45, 7) is 0. The number of anilines is 9. The highest BCUT2D eigenvalue weighted by atomic mass is 35.5. The quantitative estimate of drug-likeness (QED) is 0.114. The molecule has 0 aliphatic rings. The SMILES string of the molecule is Clc1cc(Cl)cc(Sc2cccc(N(c3cc(N(c4ccccc4)c4ccccc4)cc(N(c4ccccc4)c4ccccc4)c3)c3c(-c4ccccc4)cccc3-c3ccccc3)c2)c1. The molecule has 10 rings (SSSR count). The molecule has 0 fully saturated rings. The van der Waals surface area contributed by atoms with Crippen LogP contribution in [0.3, 0.4) is 0 Å². The first kappa shape index (κ1) is 42.5.